The van der Waals surface area contributed by atoms with Crippen molar-refractivity contribution in [2.45, 2.75) is 26.8 Å². The number of fused-ring (bicyclic) bond motifs is 1. The number of hydrogen-bond donors (Lipinski definition) is 1. The third-order valence-corrected chi connectivity index (χ3v) is 4.80. The van der Waals surface area contributed by atoms with Gasteiger partial charge in [-0.2, -0.15) is 0 Å². The van der Waals surface area contributed by atoms with Gasteiger partial charge in [-0.25, -0.2) is 0 Å². The topological polar surface area (TPSA) is 66.0 Å². The number of amides is 1. The average molecular weight is 411 g/mol. The van der Waals surface area contributed by atoms with Gasteiger partial charge in [0, 0.05) is 6.08 Å². The average Bonchev–Trinajstić information content (AvgIpc) is 2.76. The van der Waals surface area contributed by atoms with Crippen LogP contribution < -0.4 is 24.3 Å². The molecule has 1 heterocycles. The first-order chi connectivity index (χ1) is 14.5. The maximum Gasteiger partial charge on any atom is 0.244 e. The van der Waals surface area contributed by atoms with E-state index in [2.05, 4.69) is 19.2 Å². The molecule has 1 aliphatic heterocycles. The number of nitrogens with one attached hydrogen (secondary N) is 1. The van der Waals surface area contributed by atoms with Crippen molar-refractivity contribution >= 4 is 12.0 Å². The molecule has 30 heavy (non-hydrogen) atoms. The van der Waals surface area contributed by atoms with E-state index in [1.54, 1.807) is 13.2 Å². The molecule has 3 rings (SSSR count). The van der Waals surface area contributed by atoms with Gasteiger partial charge in [-0.3, -0.25) is 4.79 Å². The summed E-state index contributed by atoms with van der Waals surface area (Å²) in [7, 11) is 1.60. The van der Waals surface area contributed by atoms with Crippen LogP contribution in [0.3, 0.4) is 0 Å². The summed E-state index contributed by atoms with van der Waals surface area (Å²) in [6, 6.07) is 11.2. The number of methoxy groups -OCH3 is 1. The molecule has 0 aromatic heterocycles. The molecule has 0 fully saturated rings. The molecule has 0 radical (unpaired) electrons. The van der Waals surface area contributed by atoms with Crippen molar-refractivity contribution < 1.29 is 23.7 Å². The van der Waals surface area contributed by atoms with Crippen LogP contribution in [0.15, 0.2) is 42.5 Å². The molecule has 1 unspecified atom stereocenters. The van der Waals surface area contributed by atoms with E-state index in [1.165, 1.54) is 6.08 Å². The van der Waals surface area contributed by atoms with Crippen molar-refractivity contribution in [2.24, 2.45) is 5.92 Å². The van der Waals surface area contributed by atoms with Gasteiger partial charge in [-0.1, -0.05) is 26.0 Å². The van der Waals surface area contributed by atoms with E-state index >= 15 is 0 Å². The highest BCUT2D eigenvalue weighted by Crippen LogP contribution is 2.34. The van der Waals surface area contributed by atoms with Crippen molar-refractivity contribution in [1.82, 2.24) is 5.32 Å². The molecule has 160 valence electrons. The Bertz CT molecular complexity index is 906. The minimum absolute atomic E-state index is 0.146. The van der Waals surface area contributed by atoms with E-state index in [-0.39, 0.29) is 17.9 Å². The zero-order valence-electron chi connectivity index (χ0n) is 17.9. The first-order valence-corrected chi connectivity index (χ1v) is 10.2. The van der Waals surface area contributed by atoms with Gasteiger partial charge in [0.25, 0.3) is 0 Å². The second kappa shape index (κ2) is 10.1. The molecule has 0 saturated heterocycles. The molecule has 2 aromatic carbocycles. The summed E-state index contributed by atoms with van der Waals surface area (Å²) in [5.74, 6) is 2.81. The smallest absolute Gasteiger partial charge is 0.244 e. The largest absolute Gasteiger partial charge is 0.493 e. The van der Waals surface area contributed by atoms with Crippen molar-refractivity contribution in [3.05, 3.63) is 53.6 Å². The van der Waals surface area contributed by atoms with Gasteiger partial charge in [0.15, 0.2) is 23.0 Å². The number of carbonyl (C=O) groups excluding carboxylic acids is 1. The van der Waals surface area contributed by atoms with Crippen LogP contribution in [-0.4, -0.2) is 32.8 Å². The maximum atomic E-state index is 12.6. The van der Waals surface area contributed by atoms with Crippen LogP contribution in [0.5, 0.6) is 23.0 Å². The molecule has 1 atom stereocenters. The molecule has 0 bridgehead atoms. The highest BCUT2D eigenvalue weighted by atomic mass is 16.6. The van der Waals surface area contributed by atoms with Crippen molar-refractivity contribution in [3.8, 4) is 23.0 Å². The summed E-state index contributed by atoms with van der Waals surface area (Å²) in [6.45, 7) is 7.71. The predicted octanol–water partition coefficient (Wildman–Crippen LogP) is 4.39. The van der Waals surface area contributed by atoms with E-state index in [0.717, 1.165) is 22.6 Å². The Morgan fingerprint density at radius 3 is 2.57 bits per heavy atom. The number of ether oxygens (including phenoxy) is 4. The summed E-state index contributed by atoms with van der Waals surface area (Å²) < 4.78 is 22.2. The van der Waals surface area contributed by atoms with Gasteiger partial charge in [0.1, 0.15) is 13.2 Å². The van der Waals surface area contributed by atoms with Gasteiger partial charge < -0.3 is 24.3 Å². The lowest BCUT2D eigenvalue weighted by atomic mass is 9.95. The summed E-state index contributed by atoms with van der Waals surface area (Å²) in [5, 5.41) is 3.09. The minimum atomic E-state index is -0.170. The Hall–Kier alpha value is -3.15. The molecule has 6 nitrogen and oxygen atoms in total. The van der Waals surface area contributed by atoms with Crippen LogP contribution >= 0.6 is 0 Å². The minimum Gasteiger partial charge on any atom is -0.493 e. The Balaban J connectivity index is 1.71. The fraction of sp³-hybridized carbons (Fsp3) is 0.375. The fourth-order valence-corrected chi connectivity index (χ4v) is 3.32. The molecular formula is C24H29NO5. The zero-order valence-corrected chi connectivity index (χ0v) is 17.9. The molecular weight excluding hydrogens is 382 g/mol. The summed E-state index contributed by atoms with van der Waals surface area (Å²) >= 11 is 0. The van der Waals surface area contributed by atoms with Crippen LogP contribution in [0.4, 0.5) is 0 Å². The lowest BCUT2D eigenvalue weighted by Gasteiger charge is -2.25. The Morgan fingerprint density at radius 1 is 1.10 bits per heavy atom. The van der Waals surface area contributed by atoms with Gasteiger partial charge in [-0.15, -0.1) is 0 Å². The third-order valence-electron chi connectivity index (χ3n) is 4.80. The van der Waals surface area contributed by atoms with Gasteiger partial charge in [-0.05, 0) is 54.3 Å². The highest BCUT2D eigenvalue weighted by molar-refractivity contribution is 5.92. The second-order valence-electron chi connectivity index (χ2n) is 7.31. The predicted molar refractivity (Wildman–Crippen MR) is 116 cm³/mol. The number of hydrogen-bond acceptors (Lipinski definition) is 5. The van der Waals surface area contributed by atoms with Gasteiger partial charge in [0.2, 0.25) is 5.91 Å². The Kier molecular flexibility index (Phi) is 7.22. The number of rotatable bonds is 8. The summed E-state index contributed by atoms with van der Waals surface area (Å²) in [5.41, 5.74) is 1.84. The molecule has 0 aliphatic carbocycles. The lowest BCUT2D eigenvalue weighted by molar-refractivity contribution is -0.117. The standard InChI is InChI=1S/C24H29NO5/c1-5-28-19-9-6-17(14-21(19)27-4)7-11-23(26)25-24(16(2)3)18-8-10-20-22(15-18)30-13-12-29-20/h6-11,14-16,24H,5,12-13H2,1-4H3,(H,25,26)/b11-7+. The lowest BCUT2D eigenvalue weighted by Crippen LogP contribution is -2.30. The number of benzene rings is 2. The van der Waals surface area contributed by atoms with Crippen LogP contribution in [0, 0.1) is 5.92 Å². The van der Waals surface area contributed by atoms with Crippen molar-refractivity contribution in [2.75, 3.05) is 26.9 Å². The third kappa shape index (κ3) is 5.26. The second-order valence-corrected chi connectivity index (χ2v) is 7.31. The van der Waals surface area contributed by atoms with Gasteiger partial charge in [0.05, 0.1) is 19.8 Å². The van der Waals surface area contributed by atoms with Crippen LogP contribution in [-0.2, 0) is 4.79 Å². The zero-order chi connectivity index (χ0) is 21.5. The summed E-state index contributed by atoms with van der Waals surface area (Å²) in [4.78, 5) is 12.6. The Morgan fingerprint density at radius 2 is 1.87 bits per heavy atom. The molecule has 1 N–H and O–H groups in total. The first kappa shape index (κ1) is 21.6. The molecule has 1 amide bonds. The molecule has 2 aromatic rings. The van der Waals surface area contributed by atoms with Crippen LogP contribution in [0.2, 0.25) is 0 Å². The van der Waals surface area contributed by atoms with E-state index in [0.29, 0.717) is 31.3 Å². The maximum absolute atomic E-state index is 12.6. The van der Waals surface area contributed by atoms with E-state index in [4.69, 9.17) is 18.9 Å². The molecule has 0 saturated carbocycles. The quantitative estimate of drug-likeness (QED) is 0.653. The fourth-order valence-electron chi connectivity index (χ4n) is 3.32. The van der Waals surface area contributed by atoms with E-state index in [9.17, 15) is 4.79 Å². The Labute approximate surface area is 177 Å². The SMILES string of the molecule is CCOc1ccc(/C=C/C(=O)NC(c2ccc3c(c2)OCCO3)C(C)C)cc1OC. The molecule has 0 spiro atoms. The van der Waals surface area contributed by atoms with Crippen LogP contribution in [0.1, 0.15) is 37.9 Å². The van der Waals surface area contributed by atoms with Crippen molar-refractivity contribution in [1.29, 1.82) is 0 Å². The van der Waals surface area contributed by atoms with E-state index < -0.39 is 0 Å². The molecule has 1 aliphatic rings. The first-order valence-electron chi connectivity index (χ1n) is 10.2. The molecule has 6 heteroatoms. The number of carbonyl (C=O) groups is 1. The monoisotopic (exact) mass is 411 g/mol. The normalized spacial score (nSPS) is 13.9. The van der Waals surface area contributed by atoms with Gasteiger partial charge >= 0.3 is 0 Å². The van der Waals surface area contributed by atoms with Crippen molar-refractivity contribution in [3.63, 3.8) is 0 Å². The van der Waals surface area contributed by atoms with E-state index in [1.807, 2.05) is 43.3 Å². The highest BCUT2D eigenvalue weighted by Gasteiger charge is 2.20. The van der Waals surface area contributed by atoms with Crippen LogP contribution in [0.25, 0.3) is 6.08 Å². The summed E-state index contributed by atoms with van der Waals surface area (Å²) in [6.07, 6.45) is 3.29.